The van der Waals surface area contributed by atoms with Crippen molar-refractivity contribution < 1.29 is 28.3 Å². The van der Waals surface area contributed by atoms with Crippen LogP contribution in [0.4, 0.5) is 0 Å². The van der Waals surface area contributed by atoms with Gasteiger partial charge in [-0.15, -0.1) is 0 Å². The van der Waals surface area contributed by atoms with E-state index in [4.69, 9.17) is 25.8 Å². The van der Waals surface area contributed by atoms with E-state index in [1.807, 2.05) is 0 Å². The summed E-state index contributed by atoms with van der Waals surface area (Å²) in [6, 6.07) is 8.70. The molecule has 0 spiro atoms. The summed E-state index contributed by atoms with van der Waals surface area (Å²) in [5.74, 6) is 0.502. The predicted molar refractivity (Wildman–Crippen MR) is 133 cm³/mol. The van der Waals surface area contributed by atoms with Crippen LogP contribution in [0.25, 0.3) is 22.4 Å². The van der Waals surface area contributed by atoms with Gasteiger partial charge < -0.3 is 19.3 Å². The van der Waals surface area contributed by atoms with Gasteiger partial charge in [0, 0.05) is 22.6 Å². The van der Waals surface area contributed by atoms with Crippen LogP contribution in [0.1, 0.15) is 29.6 Å². The minimum Gasteiger partial charge on any atom is -0.456 e. The molecule has 3 aliphatic heterocycles. The van der Waals surface area contributed by atoms with Gasteiger partial charge in [-0.3, -0.25) is 9.78 Å². The molecular weight excluding hydrogens is 508 g/mol. The second kappa shape index (κ2) is 9.38. The number of fused-ring (bicyclic) bond motifs is 2. The lowest BCUT2D eigenvalue weighted by Gasteiger charge is -2.15. The number of halogens is 1. The van der Waals surface area contributed by atoms with Crippen LogP contribution in [-0.4, -0.2) is 79.3 Å². The molecule has 5 heterocycles. The molecule has 3 aliphatic rings. The number of aromatic nitrogens is 3. The number of benzene rings is 1. The molecule has 2 aromatic heterocycles. The molecule has 2 N–H and O–H groups in total. The molecule has 0 radical (unpaired) electrons. The highest BCUT2D eigenvalue weighted by atomic mass is 35.5. The topological polar surface area (TPSA) is 136 Å². The maximum absolute atomic E-state index is 12.8. The van der Waals surface area contributed by atoms with Crippen LogP contribution in [0, 0.1) is 0 Å². The van der Waals surface area contributed by atoms with Crippen LogP contribution < -0.4 is 4.74 Å². The highest BCUT2D eigenvalue weighted by molar-refractivity contribution is 7.93. The first kappa shape index (κ1) is 23.8. The quantitative estimate of drug-likeness (QED) is 0.523. The van der Waals surface area contributed by atoms with E-state index in [9.17, 15) is 14.1 Å². The summed E-state index contributed by atoms with van der Waals surface area (Å²) >= 11 is 6.51. The number of aromatic amines is 1. The minimum atomic E-state index is -2.45. The maximum Gasteiger partial charge on any atom is 0.296 e. The molecule has 190 valence electrons. The number of rotatable bonds is 4. The fourth-order valence-electron chi connectivity index (χ4n) is 4.84. The number of nitrogens with zero attached hydrogens (tertiary/aromatic N) is 3. The van der Waals surface area contributed by atoms with Crippen LogP contribution in [0.2, 0.25) is 5.02 Å². The van der Waals surface area contributed by atoms with Crippen molar-refractivity contribution in [3.8, 4) is 17.3 Å². The van der Waals surface area contributed by atoms with E-state index in [2.05, 4.69) is 19.3 Å². The van der Waals surface area contributed by atoms with Gasteiger partial charge in [0.15, 0.2) is 11.8 Å². The van der Waals surface area contributed by atoms with Crippen molar-refractivity contribution >= 4 is 38.4 Å². The first-order chi connectivity index (χ1) is 17.4. The number of aliphatic hydroxyl groups is 1. The molecule has 1 aromatic carbocycles. The van der Waals surface area contributed by atoms with Gasteiger partial charge in [0.1, 0.15) is 23.8 Å². The number of carbonyl (C=O) groups is 1. The first-order valence-electron chi connectivity index (χ1n) is 11.9. The summed E-state index contributed by atoms with van der Waals surface area (Å²) in [5, 5.41) is 10.3. The fraction of sp³-hybridized carbons (Fsp3) is 0.458. The largest absolute Gasteiger partial charge is 0.456 e. The Morgan fingerprint density at radius 1 is 1.11 bits per heavy atom. The number of nitrogens with one attached hydrogen (secondary N) is 1. The van der Waals surface area contributed by atoms with Crippen LogP contribution in [0.15, 0.2) is 34.7 Å². The van der Waals surface area contributed by atoms with E-state index in [1.54, 1.807) is 30.3 Å². The Labute approximate surface area is 212 Å². The van der Waals surface area contributed by atoms with Crippen LogP contribution in [0.3, 0.4) is 0 Å². The lowest BCUT2D eigenvalue weighted by Crippen LogP contribution is -2.34. The zero-order valence-corrected chi connectivity index (χ0v) is 20.8. The maximum atomic E-state index is 12.8. The Hall–Kier alpha value is -2.57. The normalized spacial score (nSPS) is 27.2. The molecule has 12 heteroatoms. The zero-order chi connectivity index (χ0) is 24.9. The Balaban J connectivity index is 1.21. The molecule has 0 aliphatic carbocycles. The van der Waals surface area contributed by atoms with Gasteiger partial charge in [-0.2, -0.15) is 9.35 Å². The van der Waals surface area contributed by atoms with Crippen molar-refractivity contribution in [2.24, 2.45) is 4.36 Å². The summed E-state index contributed by atoms with van der Waals surface area (Å²) in [6.07, 6.45) is 0.900. The Kier molecular flexibility index (Phi) is 6.21. The lowest BCUT2D eigenvalue weighted by atomic mass is 10.1. The minimum absolute atomic E-state index is 0.216. The van der Waals surface area contributed by atoms with Gasteiger partial charge in [0.25, 0.3) is 11.9 Å². The highest BCUT2D eigenvalue weighted by Gasteiger charge is 2.48. The summed E-state index contributed by atoms with van der Waals surface area (Å²) in [4.78, 5) is 24.7. The molecule has 4 atom stereocenters. The van der Waals surface area contributed by atoms with E-state index in [0.29, 0.717) is 44.5 Å². The highest BCUT2D eigenvalue weighted by Crippen LogP contribution is 2.32. The third-order valence-corrected chi connectivity index (χ3v) is 9.37. The smallest absolute Gasteiger partial charge is 0.296 e. The van der Waals surface area contributed by atoms with Gasteiger partial charge in [0.2, 0.25) is 0 Å². The Morgan fingerprint density at radius 2 is 1.86 bits per heavy atom. The van der Waals surface area contributed by atoms with E-state index in [-0.39, 0.29) is 25.3 Å². The second-order valence-electron chi connectivity index (χ2n) is 9.26. The molecule has 1 amide bonds. The van der Waals surface area contributed by atoms with Gasteiger partial charge in [0.05, 0.1) is 33.7 Å². The number of imidazole rings is 1. The summed E-state index contributed by atoms with van der Waals surface area (Å²) < 4.78 is 33.9. The molecule has 0 unspecified atom stereocenters. The monoisotopic (exact) mass is 532 g/mol. The molecule has 0 saturated carbocycles. The van der Waals surface area contributed by atoms with Crippen molar-refractivity contribution in [3.63, 3.8) is 0 Å². The van der Waals surface area contributed by atoms with Gasteiger partial charge in [-0.05, 0) is 31.0 Å². The number of hydrogen-bond acceptors (Lipinski definition) is 8. The van der Waals surface area contributed by atoms with Crippen molar-refractivity contribution in [2.45, 2.75) is 43.7 Å². The number of carbonyl (C=O) groups excluding carboxylic acids is 1. The number of pyridine rings is 1. The lowest BCUT2D eigenvalue weighted by molar-refractivity contribution is 0.00706. The van der Waals surface area contributed by atoms with Crippen molar-refractivity contribution in [1.82, 2.24) is 15.0 Å². The molecule has 10 nitrogen and oxygen atoms in total. The van der Waals surface area contributed by atoms with Crippen LogP contribution in [-0.2, 0) is 19.2 Å². The number of ether oxygens (including phenoxy) is 3. The summed E-state index contributed by atoms with van der Waals surface area (Å²) in [6.45, 7) is 0.502. The van der Waals surface area contributed by atoms with Crippen LogP contribution >= 0.6 is 11.6 Å². The zero-order valence-electron chi connectivity index (χ0n) is 19.3. The van der Waals surface area contributed by atoms with Crippen molar-refractivity contribution in [1.29, 1.82) is 0 Å². The van der Waals surface area contributed by atoms with Crippen molar-refractivity contribution in [2.75, 3.05) is 24.7 Å². The second-order valence-corrected chi connectivity index (χ2v) is 12.2. The third-order valence-electron chi connectivity index (χ3n) is 6.73. The molecule has 36 heavy (non-hydrogen) atoms. The number of aliphatic hydroxyl groups excluding tert-OH is 1. The average Bonchev–Trinajstić information content (AvgIpc) is 3.55. The van der Waals surface area contributed by atoms with Gasteiger partial charge in [-0.25, -0.2) is 9.19 Å². The third kappa shape index (κ3) is 4.50. The molecule has 6 rings (SSSR count). The van der Waals surface area contributed by atoms with E-state index in [0.717, 1.165) is 19.3 Å². The predicted octanol–water partition coefficient (Wildman–Crippen LogP) is 2.98. The molecule has 0 bridgehead atoms. The van der Waals surface area contributed by atoms with E-state index < -0.39 is 33.9 Å². The molecular formula is C24H25ClN4O6S. The molecule has 3 saturated heterocycles. The fourth-order valence-corrected chi connectivity index (χ4v) is 7.20. The Morgan fingerprint density at radius 3 is 2.64 bits per heavy atom. The molecule has 3 fully saturated rings. The molecule has 3 aromatic rings. The van der Waals surface area contributed by atoms with Gasteiger partial charge >= 0.3 is 0 Å². The van der Waals surface area contributed by atoms with Gasteiger partial charge in [-0.1, -0.05) is 30.2 Å². The van der Waals surface area contributed by atoms with Crippen LogP contribution in [0.5, 0.6) is 6.01 Å². The first-order valence-corrected chi connectivity index (χ1v) is 14.1. The average molecular weight is 533 g/mol. The SMILES string of the molecule is O=C(N=S1(=O)CCCCC1)c1ccc(-c2nc3[nH]c(O[C@@H]4CO[C@H]5[C@@H]4OC[C@H]5O)nc3cc2Cl)cc1. The number of hydrogen-bond donors (Lipinski definition) is 2. The standard InChI is InChI=1S/C24H25ClN4O6S/c25-15-10-16-22(28-24(26-16)35-18-12-34-20-17(30)11-33-21(18)20)27-19(15)13-4-6-14(7-5-13)23(31)29-36(32)8-2-1-3-9-36/h4-7,10,17-18,20-21,30H,1-3,8-9,11-12H2,(H,26,27,28)/t17-,18-,20-,21-/m1/s1. The Bertz CT molecular complexity index is 1420. The van der Waals surface area contributed by atoms with Crippen molar-refractivity contribution in [3.05, 3.63) is 40.9 Å². The van der Waals surface area contributed by atoms with E-state index in [1.165, 1.54) is 0 Å². The number of H-pyrrole nitrogens is 1. The van der Waals surface area contributed by atoms with E-state index >= 15 is 0 Å². The summed E-state index contributed by atoms with van der Waals surface area (Å²) in [5.41, 5.74) is 2.61. The summed E-state index contributed by atoms with van der Waals surface area (Å²) in [7, 11) is -2.45. The number of amides is 1.